The molecule has 4 atom stereocenters. The zero-order valence-corrected chi connectivity index (χ0v) is 18.0. The monoisotopic (exact) mass is 411 g/mol. The molecule has 2 nitrogen and oxygen atoms in total. The van der Waals surface area contributed by atoms with Crippen molar-refractivity contribution in [1.82, 2.24) is 4.67 Å². The lowest BCUT2D eigenvalue weighted by molar-refractivity contribution is 0.298. The Bertz CT molecular complexity index is 1120. The highest BCUT2D eigenvalue weighted by atomic mass is 31.2. The van der Waals surface area contributed by atoms with E-state index in [0.29, 0.717) is 6.54 Å². The van der Waals surface area contributed by atoms with E-state index >= 15 is 4.57 Å². The SMILES string of the molecule is C[C@@]12C=CC=C[C@@H]1[C@@H](c1ccccc1)N(Cc1ccccc1)[P@@]2(=O)c1ccccc1. The molecule has 0 unspecified atom stereocenters. The molecular weight excluding hydrogens is 385 g/mol. The summed E-state index contributed by atoms with van der Waals surface area (Å²) in [5.74, 6) is 0.139. The maximum Gasteiger partial charge on any atom is 0.189 e. The number of rotatable bonds is 4. The summed E-state index contributed by atoms with van der Waals surface area (Å²) in [5, 5.41) is 0.477. The summed E-state index contributed by atoms with van der Waals surface area (Å²) in [7, 11) is -2.97. The molecule has 0 radical (unpaired) electrons. The van der Waals surface area contributed by atoms with E-state index in [2.05, 4.69) is 84.4 Å². The molecular formula is C27H26NOP. The summed E-state index contributed by atoms with van der Waals surface area (Å²) in [6.07, 6.45) is 8.63. The number of hydrogen-bond acceptors (Lipinski definition) is 1. The first-order chi connectivity index (χ1) is 14.6. The average molecular weight is 411 g/mol. The predicted octanol–water partition coefficient (Wildman–Crippen LogP) is 6.35. The number of nitrogens with zero attached hydrogens (tertiary/aromatic N) is 1. The first-order valence-corrected chi connectivity index (χ1v) is 12.2. The Balaban J connectivity index is 1.75. The normalized spacial score (nSPS) is 30.3. The smallest absolute Gasteiger partial charge is 0.189 e. The number of hydrogen-bond donors (Lipinski definition) is 0. The van der Waals surface area contributed by atoms with Gasteiger partial charge in [-0.15, -0.1) is 0 Å². The predicted molar refractivity (Wildman–Crippen MR) is 125 cm³/mol. The molecule has 1 saturated heterocycles. The molecule has 3 heteroatoms. The van der Waals surface area contributed by atoms with E-state index in [9.17, 15) is 0 Å². The van der Waals surface area contributed by atoms with Gasteiger partial charge in [0.2, 0.25) is 0 Å². The fraction of sp³-hybridized carbons (Fsp3) is 0.185. The molecule has 1 heterocycles. The van der Waals surface area contributed by atoms with Crippen LogP contribution in [0.3, 0.4) is 0 Å². The maximum atomic E-state index is 15.3. The number of fused-ring (bicyclic) bond motifs is 1. The van der Waals surface area contributed by atoms with Crippen LogP contribution in [0.2, 0.25) is 0 Å². The third-order valence-corrected chi connectivity index (χ3v) is 10.5. The van der Waals surface area contributed by atoms with Gasteiger partial charge in [-0.1, -0.05) is 115 Å². The molecule has 3 aromatic rings. The van der Waals surface area contributed by atoms with Gasteiger partial charge in [0.1, 0.15) is 0 Å². The number of allylic oxidation sites excluding steroid dienone is 3. The topological polar surface area (TPSA) is 20.3 Å². The molecule has 30 heavy (non-hydrogen) atoms. The Labute approximate surface area is 179 Å². The van der Waals surface area contributed by atoms with Crippen molar-refractivity contribution in [3.8, 4) is 0 Å². The standard InChI is InChI=1S/C27H26NOP/c1-27-20-12-11-19-25(27)26(23-15-7-3-8-16-23)28(21-22-13-5-2-6-14-22)30(27,29)24-17-9-4-10-18-24/h2-20,25-26H,21H2,1H3/t25-,26-,27-,30-/m1/s1. The highest BCUT2D eigenvalue weighted by Crippen LogP contribution is 2.75. The van der Waals surface area contributed by atoms with Gasteiger partial charge in [0.15, 0.2) is 7.29 Å². The minimum Gasteiger partial charge on any atom is -0.300 e. The van der Waals surface area contributed by atoms with Crippen molar-refractivity contribution in [2.75, 3.05) is 0 Å². The van der Waals surface area contributed by atoms with Crippen LogP contribution in [0.4, 0.5) is 0 Å². The van der Waals surface area contributed by atoms with Crippen molar-refractivity contribution in [3.05, 3.63) is 126 Å². The molecule has 0 spiro atoms. The zero-order chi connectivity index (χ0) is 20.6. The lowest BCUT2D eigenvalue weighted by Crippen LogP contribution is -2.33. The van der Waals surface area contributed by atoms with Crippen LogP contribution < -0.4 is 5.30 Å². The van der Waals surface area contributed by atoms with E-state index in [-0.39, 0.29) is 12.0 Å². The van der Waals surface area contributed by atoms with E-state index in [0.717, 1.165) is 5.30 Å². The van der Waals surface area contributed by atoms with Crippen molar-refractivity contribution in [2.45, 2.75) is 24.7 Å². The van der Waals surface area contributed by atoms with Gasteiger partial charge < -0.3 is 4.57 Å². The molecule has 0 N–H and O–H groups in total. The molecule has 150 valence electrons. The molecule has 5 rings (SSSR count). The fourth-order valence-electron chi connectivity index (χ4n) is 5.16. The van der Waals surface area contributed by atoms with Gasteiger partial charge in [0.25, 0.3) is 0 Å². The largest absolute Gasteiger partial charge is 0.300 e. The van der Waals surface area contributed by atoms with Crippen LogP contribution in [-0.2, 0) is 11.1 Å². The van der Waals surface area contributed by atoms with Gasteiger partial charge in [0.05, 0.1) is 5.16 Å². The van der Waals surface area contributed by atoms with E-state index in [1.807, 2.05) is 42.5 Å². The maximum absolute atomic E-state index is 15.3. The Hall–Kier alpha value is -2.67. The summed E-state index contributed by atoms with van der Waals surface area (Å²) in [6.45, 7) is 2.84. The Morgan fingerprint density at radius 1 is 0.833 bits per heavy atom. The Morgan fingerprint density at radius 3 is 2.10 bits per heavy atom. The van der Waals surface area contributed by atoms with E-state index < -0.39 is 12.4 Å². The second-order valence-corrected chi connectivity index (χ2v) is 11.5. The van der Waals surface area contributed by atoms with Crippen LogP contribution >= 0.6 is 7.29 Å². The third-order valence-electron chi connectivity index (χ3n) is 6.65. The highest BCUT2D eigenvalue weighted by molar-refractivity contribution is 7.71. The zero-order valence-electron chi connectivity index (χ0n) is 17.1. The van der Waals surface area contributed by atoms with E-state index in [1.165, 1.54) is 11.1 Å². The molecule has 0 amide bonds. The van der Waals surface area contributed by atoms with Crippen molar-refractivity contribution >= 4 is 12.6 Å². The molecule has 2 aliphatic rings. The molecule has 1 aliphatic carbocycles. The summed E-state index contributed by atoms with van der Waals surface area (Å²) >= 11 is 0. The molecule has 1 fully saturated rings. The van der Waals surface area contributed by atoms with Crippen LogP contribution in [0.15, 0.2) is 115 Å². The Morgan fingerprint density at radius 2 is 1.43 bits per heavy atom. The van der Waals surface area contributed by atoms with Crippen molar-refractivity contribution < 1.29 is 4.57 Å². The van der Waals surface area contributed by atoms with E-state index in [1.54, 1.807) is 0 Å². The van der Waals surface area contributed by atoms with Crippen LogP contribution in [0.5, 0.6) is 0 Å². The minimum atomic E-state index is -2.97. The summed E-state index contributed by atoms with van der Waals surface area (Å²) in [4.78, 5) is 0. The van der Waals surface area contributed by atoms with Gasteiger partial charge in [0, 0.05) is 23.8 Å². The third kappa shape index (κ3) is 2.87. The minimum absolute atomic E-state index is 0.0450. The lowest BCUT2D eigenvalue weighted by atomic mass is 9.80. The van der Waals surface area contributed by atoms with Crippen LogP contribution in [0, 0.1) is 5.92 Å². The van der Waals surface area contributed by atoms with Crippen LogP contribution in [-0.4, -0.2) is 9.83 Å². The van der Waals surface area contributed by atoms with Gasteiger partial charge in [-0.3, -0.25) is 0 Å². The van der Waals surface area contributed by atoms with Crippen molar-refractivity contribution in [1.29, 1.82) is 0 Å². The average Bonchev–Trinajstić information content (AvgIpc) is 3.00. The molecule has 3 aromatic carbocycles. The first-order valence-electron chi connectivity index (χ1n) is 10.5. The lowest BCUT2D eigenvalue weighted by Gasteiger charge is -2.36. The van der Waals surface area contributed by atoms with Crippen molar-refractivity contribution in [3.63, 3.8) is 0 Å². The molecule has 0 bridgehead atoms. The molecule has 0 saturated carbocycles. The summed E-state index contributed by atoms with van der Waals surface area (Å²) in [5.41, 5.74) is 2.41. The highest BCUT2D eigenvalue weighted by Gasteiger charge is 2.63. The summed E-state index contributed by atoms with van der Waals surface area (Å²) < 4.78 is 17.6. The fourth-order valence-corrected chi connectivity index (χ4v) is 9.05. The van der Waals surface area contributed by atoms with Crippen LogP contribution in [0.25, 0.3) is 0 Å². The van der Waals surface area contributed by atoms with Gasteiger partial charge >= 0.3 is 0 Å². The first kappa shape index (κ1) is 19.3. The van der Waals surface area contributed by atoms with Gasteiger partial charge in [-0.2, -0.15) is 0 Å². The van der Waals surface area contributed by atoms with Crippen molar-refractivity contribution in [2.24, 2.45) is 5.92 Å². The quantitative estimate of drug-likeness (QED) is 0.467. The Kier molecular flexibility index (Phi) is 4.85. The number of benzene rings is 3. The van der Waals surface area contributed by atoms with Crippen LogP contribution in [0.1, 0.15) is 24.1 Å². The second-order valence-electron chi connectivity index (χ2n) is 8.35. The van der Waals surface area contributed by atoms with E-state index in [4.69, 9.17) is 0 Å². The van der Waals surface area contributed by atoms with Gasteiger partial charge in [-0.25, -0.2) is 4.67 Å². The summed E-state index contributed by atoms with van der Waals surface area (Å²) in [6, 6.07) is 31.1. The second kappa shape index (κ2) is 7.54. The van der Waals surface area contributed by atoms with Gasteiger partial charge in [-0.05, 0) is 18.1 Å². The molecule has 0 aromatic heterocycles. The molecule has 1 aliphatic heterocycles.